The monoisotopic (exact) mass is 408 g/mol. The first kappa shape index (κ1) is 20.7. The zero-order valence-electron chi connectivity index (χ0n) is 14.5. The van der Waals surface area contributed by atoms with Crippen molar-refractivity contribution in [3.63, 3.8) is 0 Å². The first-order valence-corrected chi connectivity index (χ1v) is 9.20. The predicted molar refractivity (Wildman–Crippen MR) is 104 cm³/mol. The molecular formula is C18H17ClN2O5S. The van der Waals surface area contributed by atoms with Crippen LogP contribution in [0.1, 0.15) is 13.8 Å². The number of carbonyl (C=O) groups excluding carboxylic acids is 2. The van der Waals surface area contributed by atoms with E-state index in [4.69, 9.17) is 16.3 Å². The predicted octanol–water partition coefficient (Wildman–Crippen LogP) is 4.30. The quantitative estimate of drug-likeness (QED) is 0.317. The highest BCUT2D eigenvalue weighted by molar-refractivity contribution is 8.00. The van der Waals surface area contributed by atoms with E-state index in [0.29, 0.717) is 5.02 Å². The lowest BCUT2D eigenvalue weighted by atomic mass is 10.2. The molecule has 9 heteroatoms. The smallest absolute Gasteiger partial charge is 0.319 e. The fourth-order valence-electron chi connectivity index (χ4n) is 2.06. The Morgan fingerprint density at radius 3 is 2.41 bits per heavy atom. The summed E-state index contributed by atoms with van der Waals surface area (Å²) in [5.41, 5.74) is -0.199. The van der Waals surface area contributed by atoms with Crippen LogP contribution in [-0.2, 0) is 14.3 Å². The Bertz CT molecular complexity index is 844. The van der Waals surface area contributed by atoms with Gasteiger partial charge in [0, 0.05) is 16.0 Å². The standard InChI is InChI=1S/C18H17ClN2O5S/c1-11(17(22)20-15-5-3-4-6-16(15)21(24)25)26-18(23)12(2)27-14-9-7-13(19)8-10-14/h3-12H,1-2H3,(H,20,22)/t11-,12-/m0/s1. The lowest BCUT2D eigenvalue weighted by Gasteiger charge is -2.16. The van der Waals surface area contributed by atoms with E-state index in [9.17, 15) is 19.7 Å². The van der Waals surface area contributed by atoms with Crippen molar-refractivity contribution < 1.29 is 19.2 Å². The van der Waals surface area contributed by atoms with E-state index in [1.54, 1.807) is 37.3 Å². The first-order chi connectivity index (χ1) is 12.8. The zero-order chi connectivity index (χ0) is 20.0. The fraction of sp³-hybridized carbons (Fsp3) is 0.222. The van der Waals surface area contributed by atoms with Crippen molar-refractivity contribution in [3.05, 3.63) is 63.7 Å². The number of hydrogen-bond acceptors (Lipinski definition) is 6. The lowest BCUT2D eigenvalue weighted by Crippen LogP contribution is -2.32. The number of benzene rings is 2. The van der Waals surface area contributed by atoms with Crippen LogP contribution in [0, 0.1) is 10.1 Å². The SMILES string of the molecule is C[C@H](OC(=O)[C@H](C)Sc1ccc(Cl)cc1)C(=O)Nc1ccccc1[N+](=O)[O-]. The van der Waals surface area contributed by atoms with Gasteiger partial charge in [-0.2, -0.15) is 0 Å². The highest BCUT2D eigenvalue weighted by Crippen LogP contribution is 2.26. The maximum atomic E-state index is 12.2. The van der Waals surface area contributed by atoms with Crippen LogP contribution in [0.15, 0.2) is 53.4 Å². The lowest BCUT2D eigenvalue weighted by molar-refractivity contribution is -0.383. The summed E-state index contributed by atoms with van der Waals surface area (Å²) in [5.74, 6) is -1.22. The number of nitro benzene ring substituents is 1. The van der Waals surface area contributed by atoms with Gasteiger partial charge < -0.3 is 10.1 Å². The van der Waals surface area contributed by atoms with Gasteiger partial charge >= 0.3 is 5.97 Å². The summed E-state index contributed by atoms with van der Waals surface area (Å²) in [4.78, 5) is 35.6. The first-order valence-electron chi connectivity index (χ1n) is 7.95. The number of thioether (sulfide) groups is 1. The average Bonchev–Trinajstić information content (AvgIpc) is 2.63. The highest BCUT2D eigenvalue weighted by Gasteiger charge is 2.24. The second-order valence-corrected chi connectivity index (χ2v) is 7.41. The van der Waals surface area contributed by atoms with E-state index in [2.05, 4.69) is 5.32 Å². The summed E-state index contributed by atoms with van der Waals surface area (Å²) in [6.45, 7) is 3.07. The van der Waals surface area contributed by atoms with Gasteiger partial charge in [0.05, 0.1) is 4.92 Å². The number of halogens is 1. The molecule has 1 amide bonds. The summed E-state index contributed by atoms with van der Waals surface area (Å²) >= 11 is 7.09. The second-order valence-electron chi connectivity index (χ2n) is 5.56. The third kappa shape index (κ3) is 5.97. The van der Waals surface area contributed by atoms with Crippen LogP contribution in [0.5, 0.6) is 0 Å². The number of anilines is 1. The third-order valence-corrected chi connectivity index (χ3v) is 4.82. The number of carbonyl (C=O) groups is 2. The van der Waals surface area contributed by atoms with Crippen molar-refractivity contribution in [2.75, 3.05) is 5.32 Å². The number of ether oxygens (including phenoxy) is 1. The number of nitrogens with zero attached hydrogens (tertiary/aromatic N) is 1. The van der Waals surface area contributed by atoms with E-state index < -0.39 is 28.2 Å². The van der Waals surface area contributed by atoms with Gasteiger partial charge in [-0.25, -0.2) is 0 Å². The Balaban J connectivity index is 1.94. The van der Waals surface area contributed by atoms with Crippen LogP contribution in [-0.4, -0.2) is 28.2 Å². The molecule has 0 bridgehead atoms. The maximum Gasteiger partial charge on any atom is 0.319 e. The van der Waals surface area contributed by atoms with E-state index in [1.807, 2.05) is 0 Å². The number of nitrogens with one attached hydrogen (secondary N) is 1. The number of nitro groups is 1. The van der Waals surface area contributed by atoms with Crippen LogP contribution in [0.3, 0.4) is 0 Å². The summed E-state index contributed by atoms with van der Waals surface area (Å²) in [6.07, 6.45) is -1.11. The Kier molecular flexibility index (Phi) is 7.20. The van der Waals surface area contributed by atoms with E-state index in [0.717, 1.165) is 4.90 Å². The molecule has 1 N–H and O–H groups in total. The minimum absolute atomic E-state index is 0.0407. The topological polar surface area (TPSA) is 98.5 Å². The van der Waals surface area contributed by atoms with Gasteiger partial charge in [-0.15, -0.1) is 11.8 Å². The van der Waals surface area contributed by atoms with Gasteiger partial charge in [-0.05, 0) is 44.2 Å². The van der Waals surface area contributed by atoms with Crippen LogP contribution >= 0.6 is 23.4 Å². The molecule has 0 radical (unpaired) electrons. The molecule has 0 unspecified atom stereocenters. The number of amides is 1. The summed E-state index contributed by atoms with van der Waals surface area (Å²) in [6, 6.07) is 12.7. The van der Waals surface area contributed by atoms with Crippen LogP contribution < -0.4 is 5.32 Å². The van der Waals surface area contributed by atoms with Crippen molar-refractivity contribution in [1.82, 2.24) is 0 Å². The molecule has 0 spiro atoms. The van der Waals surface area contributed by atoms with Crippen molar-refractivity contribution in [1.29, 1.82) is 0 Å². The van der Waals surface area contributed by atoms with E-state index in [1.165, 1.54) is 36.9 Å². The van der Waals surface area contributed by atoms with Crippen molar-refractivity contribution in [2.24, 2.45) is 0 Å². The zero-order valence-corrected chi connectivity index (χ0v) is 16.1. The molecule has 0 aliphatic heterocycles. The van der Waals surface area contributed by atoms with Gasteiger partial charge in [0.1, 0.15) is 10.9 Å². The molecule has 0 saturated heterocycles. The van der Waals surface area contributed by atoms with Gasteiger partial charge in [0.25, 0.3) is 11.6 Å². The molecule has 2 aromatic carbocycles. The molecular weight excluding hydrogens is 392 g/mol. The normalized spacial score (nSPS) is 12.7. The number of rotatable bonds is 7. The molecule has 0 aliphatic carbocycles. The summed E-state index contributed by atoms with van der Waals surface area (Å²) in [5, 5.41) is 13.4. The molecule has 0 aliphatic rings. The fourth-order valence-corrected chi connectivity index (χ4v) is 3.04. The Morgan fingerprint density at radius 1 is 1.15 bits per heavy atom. The summed E-state index contributed by atoms with van der Waals surface area (Å²) < 4.78 is 5.17. The molecule has 0 fully saturated rings. The molecule has 142 valence electrons. The van der Waals surface area contributed by atoms with Crippen LogP contribution in [0.25, 0.3) is 0 Å². The molecule has 0 saturated carbocycles. The van der Waals surface area contributed by atoms with E-state index >= 15 is 0 Å². The molecule has 27 heavy (non-hydrogen) atoms. The van der Waals surface area contributed by atoms with Crippen molar-refractivity contribution in [2.45, 2.75) is 30.1 Å². The Labute approximate surface area is 165 Å². The Hall–Kier alpha value is -2.58. The van der Waals surface area contributed by atoms with Crippen molar-refractivity contribution in [3.8, 4) is 0 Å². The second kappa shape index (κ2) is 9.38. The molecule has 7 nitrogen and oxygen atoms in total. The third-order valence-electron chi connectivity index (χ3n) is 3.48. The molecule has 2 aromatic rings. The van der Waals surface area contributed by atoms with Crippen molar-refractivity contribution >= 4 is 46.6 Å². The molecule has 0 aromatic heterocycles. The molecule has 2 rings (SSSR count). The molecule has 2 atom stereocenters. The number of esters is 1. The van der Waals surface area contributed by atoms with Crippen LogP contribution in [0.2, 0.25) is 5.02 Å². The Morgan fingerprint density at radius 2 is 1.78 bits per heavy atom. The highest BCUT2D eigenvalue weighted by atomic mass is 35.5. The number of hydrogen-bond donors (Lipinski definition) is 1. The van der Waals surface area contributed by atoms with Gasteiger partial charge in [0.15, 0.2) is 6.10 Å². The van der Waals surface area contributed by atoms with E-state index in [-0.39, 0.29) is 11.4 Å². The molecule has 0 heterocycles. The van der Waals surface area contributed by atoms with Gasteiger partial charge in [0.2, 0.25) is 0 Å². The summed E-state index contributed by atoms with van der Waals surface area (Å²) in [7, 11) is 0. The van der Waals surface area contributed by atoms with Crippen LogP contribution in [0.4, 0.5) is 11.4 Å². The minimum atomic E-state index is -1.11. The number of para-hydroxylation sites is 2. The van der Waals surface area contributed by atoms with Gasteiger partial charge in [-0.3, -0.25) is 19.7 Å². The largest absolute Gasteiger partial charge is 0.452 e. The maximum absolute atomic E-state index is 12.2. The average molecular weight is 409 g/mol. The minimum Gasteiger partial charge on any atom is -0.452 e. The van der Waals surface area contributed by atoms with Gasteiger partial charge in [-0.1, -0.05) is 23.7 Å².